The molecule has 0 radical (unpaired) electrons. The Morgan fingerprint density at radius 1 is 1.08 bits per heavy atom. The molecule has 4 aromatic rings. The average molecular weight is 527 g/mol. The molecular weight excluding hydrogens is 503 g/mol. The van der Waals surface area contributed by atoms with Crippen LogP contribution in [0.4, 0.5) is 15.2 Å². The van der Waals surface area contributed by atoms with Crippen molar-refractivity contribution >= 4 is 45.7 Å². The molecule has 4 rings (SSSR count). The van der Waals surface area contributed by atoms with Gasteiger partial charge in [0.2, 0.25) is 11.0 Å². The summed E-state index contributed by atoms with van der Waals surface area (Å²) < 4.78 is 20.8. The largest absolute Gasteiger partial charge is 0.490 e. The van der Waals surface area contributed by atoms with Crippen LogP contribution in [0.1, 0.15) is 28.5 Å². The first-order valence-electron chi connectivity index (χ1n) is 10.9. The third kappa shape index (κ3) is 6.46. The van der Waals surface area contributed by atoms with E-state index >= 15 is 0 Å². The predicted octanol–water partition coefficient (Wildman–Crippen LogP) is 4.86. The third-order valence-corrected chi connectivity index (χ3v) is 6.72. The molecule has 0 aliphatic heterocycles. The fourth-order valence-electron chi connectivity index (χ4n) is 3.35. The minimum Gasteiger partial charge on any atom is -0.490 e. The summed E-state index contributed by atoms with van der Waals surface area (Å²) in [6, 6.07) is 11.5. The lowest BCUT2D eigenvalue weighted by molar-refractivity contribution is -0.113. The second-order valence-corrected chi connectivity index (χ2v) is 9.94. The number of hydrogen-bond acceptors (Lipinski definition) is 8. The number of carbonyl (C=O) groups excluding carboxylic acids is 2. The van der Waals surface area contributed by atoms with Crippen molar-refractivity contribution in [1.29, 1.82) is 0 Å². The molecule has 0 saturated carbocycles. The highest BCUT2D eigenvalue weighted by Crippen LogP contribution is 2.27. The zero-order chi connectivity index (χ0) is 25.7. The molecule has 0 atom stereocenters. The number of anilines is 2. The normalized spacial score (nSPS) is 10.8. The molecule has 2 aromatic carbocycles. The summed E-state index contributed by atoms with van der Waals surface area (Å²) in [6.45, 7) is 6.07. The summed E-state index contributed by atoms with van der Waals surface area (Å²) in [6.07, 6.45) is 1.56. The zero-order valence-electron chi connectivity index (χ0n) is 19.7. The molecule has 36 heavy (non-hydrogen) atoms. The van der Waals surface area contributed by atoms with Gasteiger partial charge < -0.3 is 10.1 Å². The van der Waals surface area contributed by atoms with Gasteiger partial charge in [-0.05, 0) is 68.3 Å². The van der Waals surface area contributed by atoms with Gasteiger partial charge in [0.25, 0.3) is 5.91 Å². The number of hydrogen-bond donors (Lipinski definition) is 2. The van der Waals surface area contributed by atoms with E-state index in [-0.39, 0.29) is 34.1 Å². The van der Waals surface area contributed by atoms with Crippen molar-refractivity contribution in [2.24, 2.45) is 0 Å². The molecule has 0 spiro atoms. The van der Waals surface area contributed by atoms with Crippen LogP contribution in [0.5, 0.6) is 5.75 Å². The maximum absolute atomic E-state index is 13.3. The Kier molecular flexibility index (Phi) is 7.96. The molecule has 12 heteroatoms. The first-order chi connectivity index (χ1) is 17.3. The van der Waals surface area contributed by atoms with Crippen LogP contribution >= 0.6 is 23.1 Å². The minimum atomic E-state index is -0.528. The van der Waals surface area contributed by atoms with Gasteiger partial charge in [0.1, 0.15) is 5.82 Å². The van der Waals surface area contributed by atoms with E-state index in [1.54, 1.807) is 25.3 Å². The lowest BCUT2D eigenvalue weighted by Gasteiger charge is -2.06. The fourth-order valence-corrected chi connectivity index (χ4v) is 4.90. The molecule has 2 N–H and O–H groups in total. The van der Waals surface area contributed by atoms with E-state index in [1.807, 2.05) is 32.0 Å². The van der Waals surface area contributed by atoms with Crippen LogP contribution in [-0.4, -0.2) is 44.2 Å². The summed E-state index contributed by atoms with van der Waals surface area (Å²) in [4.78, 5) is 25.2. The maximum Gasteiger partial charge on any atom is 0.281 e. The predicted molar refractivity (Wildman–Crippen MR) is 138 cm³/mol. The van der Waals surface area contributed by atoms with Crippen LogP contribution in [0.15, 0.2) is 53.0 Å². The summed E-state index contributed by atoms with van der Waals surface area (Å²) in [5.41, 5.74) is 3.51. The van der Waals surface area contributed by atoms with Crippen molar-refractivity contribution in [3.63, 3.8) is 0 Å². The Balaban J connectivity index is 1.38. The number of aryl methyl sites for hydroxylation is 2. The van der Waals surface area contributed by atoms with Crippen molar-refractivity contribution in [3.8, 4) is 11.4 Å². The lowest BCUT2D eigenvalue weighted by Crippen LogP contribution is -2.14. The molecule has 0 aliphatic carbocycles. The number of nitrogens with one attached hydrogen (secondary N) is 2. The minimum absolute atomic E-state index is 0.0541. The maximum atomic E-state index is 13.3. The van der Waals surface area contributed by atoms with Crippen LogP contribution in [0.3, 0.4) is 0 Å². The fraction of sp³-hybridized carbons (Fsp3) is 0.208. The van der Waals surface area contributed by atoms with E-state index < -0.39 is 5.91 Å². The van der Waals surface area contributed by atoms with Gasteiger partial charge in [-0.3, -0.25) is 14.9 Å². The average Bonchev–Trinajstić information content (AvgIpc) is 3.45. The van der Waals surface area contributed by atoms with E-state index in [2.05, 4.69) is 25.9 Å². The highest BCUT2D eigenvalue weighted by molar-refractivity contribution is 8.01. The molecule has 186 valence electrons. The summed E-state index contributed by atoms with van der Waals surface area (Å²) in [5, 5.41) is 18.1. The molecule has 9 nitrogen and oxygen atoms in total. The highest BCUT2D eigenvalue weighted by atomic mass is 32.2. The van der Waals surface area contributed by atoms with Gasteiger partial charge in [-0.15, -0.1) is 10.2 Å². The van der Waals surface area contributed by atoms with Crippen molar-refractivity contribution in [1.82, 2.24) is 20.0 Å². The van der Waals surface area contributed by atoms with Gasteiger partial charge >= 0.3 is 0 Å². The SMILES string of the molecule is CCOc1cn(-c2ccc(F)cc2)nc1C(=O)Nc1nnc(SCC(=O)Nc2cc(C)cc(C)c2)s1. The van der Waals surface area contributed by atoms with Crippen LogP contribution < -0.4 is 15.4 Å². The van der Waals surface area contributed by atoms with Crippen molar-refractivity contribution in [3.05, 3.63) is 71.3 Å². The molecule has 0 unspecified atom stereocenters. The Morgan fingerprint density at radius 2 is 1.81 bits per heavy atom. The quantitative estimate of drug-likeness (QED) is 0.237. The van der Waals surface area contributed by atoms with Gasteiger partial charge in [0.15, 0.2) is 15.8 Å². The Labute approximate surface area is 215 Å². The Hall–Kier alpha value is -3.77. The Bertz CT molecular complexity index is 1370. The van der Waals surface area contributed by atoms with Gasteiger partial charge in [0, 0.05) is 5.69 Å². The number of ether oxygens (including phenoxy) is 1. The molecule has 0 bridgehead atoms. The van der Waals surface area contributed by atoms with Crippen molar-refractivity contribution in [2.45, 2.75) is 25.1 Å². The monoisotopic (exact) mass is 526 g/mol. The number of benzene rings is 2. The van der Waals surface area contributed by atoms with E-state index in [9.17, 15) is 14.0 Å². The molecule has 0 aliphatic rings. The number of aromatic nitrogens is 4. The molecule has 0 fully saturated rings. The van der Waals surface area contributed by atoms with E-state index in [4.69, 9.17) is 4.74 Å². The summed E-state index contributed by atoms with van der Waals surface area (Å²) >= 11 is 2.37. The number of carbonyl (C=O) groups is 2. The summed E-state index contributed by atoms with van der Waals surface area (Å²) in [5.74, 6) is -0.646. The first-order valence-corrected chi connectivity index (χ1v) is 12.7. The van der Waals surface area contributed by atoms with Gasteiger partial charge in [-0.1, -0.05) is 29.2 Å². The molecule has 2 amide bonds. The second kappa shape index (κ2) is 11.3. The zero-order valence-corrected chi connectivity index (χ0v) is 21.4. The number of nitrogens with zero attached hydrogens (tertiary/aromatic N) is 4. The van der Waals surface area contributed by atoms with Gasteiger partial charge in [-0.2, -0.15) is 5.10 Å². The molecule has 2 aromatic heterocycles. The van der Waals surface area contributed by atoms with E-state index in [0.29, 0.717) is 16.6 Å². The van der Waals surface area contributed by atoms with E-state index in [0.717, 1.165) is 28.2 Å². The van der Waals surface area contributed by atoms with Gasteiger partial charge in [0.05, 0.1) is 24.2 Å². The van der Waals surface area contributed by atoms with Crippen LogP contribution in [-0.2, 0) is 4.79 Å². The molecule has 0 saturated heterocycles. The Morgan fingerprint density at radius 3 is 2.50 bits per heavy atom. The smallest absolute Gasteiger partial charge is 0.281 e. The third-order valence-electron chi connectivity index (χ3n) is 4.75. The number of rotatable bonds is 9. The van der Waals surface area contributed by atoms with Crippen LogP contribution in [0, 0.1) is 19.7 Å². The standard InChI is InChI=1S/C24H23FN6O3S2/c1-4-34-19-12-31(18-7-5-16(25)6-8-18)30-21(19)22(33)27-23-28-29-24(36-23)35-13-20(32)26-17-10-14(2)9-15(3)11-17/h5-12H,4,13H2,1-3H3,(H,26,32)(H,27,28,33). The van der Waals surface area contributed by atoms with Crippen LogP contribution in [0.2, 0.25) is 0 Å². The number of thioether (sulfide) groups is 1. The van der Waals surface area contributed by atoms with Crippen molar-refractivity contribution < 1.29 is 18.7 Å². The second-order valence-electron chi connectivity index (χ2n) is 7.74. The lowest BCUT2D eigenvalue weighted by atomic mass is 10.1. The topological polar surface area (TPSA) is 111 Å². The summed E-state index contributed by atoms with van der Waals surface area (Å²) in [7, 11) is 0. The molecular formula is C24H23FN6O3S2. The molecule has 2 heterocycles. The van der Waals surface area contributed by atoms with Gasteiger partial charge in [-0.25, -0.2) is 9.07 Å². The van der Waals surface area contributed by atoms with Crippen LogP contribution in [0.25, 0.3) is 5.69 Å². The number of halogens is 1. The highest BCUT2D eigenvalue weighted by Gasteiger charge is 2.21. The first kappa shape index (κ1) is 25.3. The van der Waals surface area contributed by atoms with Crippen molar-refractivity contribution in [2.75, 3.05) is 23.0 Å². The number of amides is 2. The van der Waals surface area contributed by atoms with E-state index in [1.165, 1.54) is 28.6 Å².